The molecule has 0 saturated carbocycles. The van der Waals surface area contributed by atoms with Crippen molar-refractivity contribution in [3.8, 4) is 0 Å². The van der Waals surface area contributed by atoms with E-state index in [1.165, 1.54) is 11.1 Å². The van der Waals surface area contributed by atoms with Crippen LogP contribution in [0.3, 0.4) is 0 Å². The van der Waals surface area contributed by atoms with Gasteiger partial charge in [-0.15, -0.1) is 5.10 Å². The Balaban J connectivity index is 1.80. The van der Waals surface area contributed by atoms with Gasteiger partial charge in [-0.3, -0.25) is 4.79 Å². The van der Waals surface area contributed by atoms with Crippen LogP contribution in [0.4, 0.5) is 0 Å². The minimum atomic E-state index is -0.733. The standard InChI is InChI=1S/C15H17N3O2/c1-10-2-4-11(5-3-10)9-18-14-7-6-12(15(19)20)8-13(14)16-17-18/h2-5,12H,6-9H2,1H3,(H,19,20). The van der Waals surface area contributed by atoms with E-state index < -0.39 is 5.97 Å². The highest BCUT2D eigenvalue weighted by Crippen LogP contribution is 2.24. The van der Waals surface area contributed by atoms with Crippen molar-refractivity contribution in [2.75, 3.05) is 0 Å². The largest absolute Gasteiger partial charge is 0.481 e. The molecule has 1 aromatic heterocycles. The van der Waals surface area contributed by atoms with Crippen LogP contribution in [-0.4, -0.2) is 26.1 Å². The molecule has 1 atom stereocenters. The topological polar surface area (TPSA) is 68.0 Å². The van der Waals surface area contributed by atoms with Gasteiger partial charge in [-0.2, -0.15) is 0 Å². The summed E-state index contributed by atoms with van der Waals surface area (Å²) in [5.74, 6) is -1.05. The van der Waals surface area contributed by atoms with Gasteiger partial charge in [-0.05, 0) is 25.3 Å². The molecule has 1 N–H and O–H groups in total. The Morgan fingerprint density at radius 1 is 1.40 bits per heavy atom. The molecule has 0 aliphatic heterocycles. The van der Waals surface area contributed by atoms with E-state index in [9.17, 15) is 4.79 Å². The second kappa shape index (κ2) is 5.07. The first-order valence-corrected chi connectivity index (χ1v) is 6.83. The van der Waals surface area contributed by atoms with Crippen LogP contribution in [0, 0.1) is 12.8 Å². The number of nitrogens with zero attached hydrogens (tertiary/aromatic N) is 3. The molecule has 0 spiro atoms. The quantitative estimate of drug-likeness (QED) is 0.924. The molecule has 3 rings (SSSR count). The lowest BCUT2D eigenvalue weighted by Gasteiger charge is -2.18. The number of aliphatic carboxylic acids is 1. The molecule has 0 amide bonds. The zero-order chi connectivity index (χ0) is 14.1. The van der Waals surface area contributed by atoms with Gasteiger partial charge in [0.05, 0.1) is 23.9 Å². The number of rotatable bonds is 3. The minimum Gasteiger partial charge on any atom is -0.481 e. The highest BCUT2D eigenvalue weighted by atomic mass is 16.4. The van der Waals surface area contributed by atoms with Gasteiger partial charge >= 0.3 is 5.97 Å². The predicted octanol–water partition coefficient (Wildman–Crippen LogP) is 1.82. The van der Waals surface area contributed by atoms with Gasteiger partial charge in [0.15, 0.2) is 0 Å². The van der Waals surface area contributed by atoms with Crippen molar-refractivity contribution < 1.29 is 9.90 Å². The Bertz CT molecular complexity index is 631. The molecule has 0 radical (unpaired) electrons. The van der Waals surface area contributed by atoms with Gasteiger partial charge in [0, 0.05) is 6.42 Å². The third kappa shape index (κ3) is 2.43. The van der Waals surface area contributed by atoms with Crippen molar-refractivity contribution in [2.45, 2.75) is 32.7 Å². The van der Waals surface area contributed by atoms with Crippen LogP contribution in [0.1, 0.15) is 28.9 Å². The Hall–Kier alpha value is -2.17. The lowest BCUT2D eigenvalue weighted by Crippen LogP contribution is -2.23. The van der Waals surface area contributed by atoms with Crippen molar-refractivity contribution in [1.82, 2.24) is 15.0 Å². The van der Waals surface area contributed by atoms with Crippen LogP contribution in [0.2, 0.25) is 0 Å². The molecular weight excluding hydrogens is 254 g/mol. The average molecular weight is 271 g/mol. The summed E-state index contributed by atoms with van der Waals surface area (Å²) in [4.78, 5) is 11.0. The fourth-order valence-electron chi connectivity index (χ4n) is 2.65. The van der Waals surface area contributed by atoms with Crippen LogP contribution < -0.4 is 0 Å². The second-order valence-electron chi connectivity index (χ2n) is 5.40. The molecule has 1 aliphatic carbocycles. The SMILES string of the molecule is Cc1ccc(Cn2nnc3c2CCC(C(=O)O)C3)cc1. The van der Waals surface area contributed by atoms with E-state index in [4.69, 9.17) is 5.11 Å². The molecule has 20 heavy (non-hydrogen) atoms. The van der Waals surface area contributed by atoms with Crippen LogP contribution in [0.15, 0.2) is 24.3 Å². The molecule has 1 unspecified atom stereocenters. The van der Waals surface area contributed by atoms with E-state index in [-0.39, 0.29) is 5.92 Å². The number of carbonyl (C=O) groups is 1. The Morgan fingerprint density at radius 3 is 2.85 bits per heavy atom. The minimum absolute atomic E-state index is 0.313. The smallest absolute Gasteiger partial charge is 0.306 e. The number of aromatic nitrogens is 3. The third-order valence-corrected chi connectivity index (χ3v) is 3.89. The zero-order valence-corrected chi connectivity index (χ0v) is 11.4. The van der Waals surface area contributed by atoms with Crippen molar-refractivity contribution >= 4 is 5.97 Å². The maximum Gasteiger partial charge on any atom is 0.306 e. The fourth-order valence-corrected chi connectivity index (χ4v) is 2.65. The molecule has 0 bridgehead atoms. The number of benzene rings is 1. The summed E-state index contributed by atoms with van der Waals surface area (Å²) in [6, 6.07) is 8.34. The van der Waals surface area contributed by atoms with E-state index in [1.807, 2.05) is 4.68 Å². The second-order valence-corrected chi connectivity index (χ2v) is 5.40. The third-order valence-electron chi connectivity index (χ3n) is 3.89. The van der Waals surface area contributed by atoms with Crippen molar-refractivity contribution in [1.29, 1.82) is 0 Å². The highest BCUT2D eigenvalue weighted by molar-refractivity contribution is 5.70. The highest BCUT2D eigenvalue weighted by Gasteiger charge is 2.28. The number of hydrogen-bond acceptors (Lipinski definition) is 3. The lowest BCUT2D eigenvalue weighted by molar-refractivity contribution is -0.142. The Kier molecular flexibility index (Phi) is 3.26. The van der Waals surface area contributed by atoms with E-state index >= 15 is 0 Å². The summed E-state index contributed by atoms with van der Waals surface area (Å²) in [7, 11) is 0. The van der Waals surface area contributed by atoms with Gasteiger partial charge in [0.2, 0.25) is 0 Å². The summed E-state index contributed by atoms with van der Waals surface area (Å²) in [6.45, 7) is 2.76. The first-order valence-electron chi connectivity index (χ1n) is 6.83. The number of fused-ring (bicyclic) bond motifs is 1. The molecule has 2 aromatic rings. The normalized spacial score (nSPS) is 17.8. The van der Waals surface area contributed by atoms with Gasteiger partial charge in [-0.1, -0.05) is 35.0 Å². The van der Waals surface area contributed by atoms with Crippen LogP contribution in [0.5, 0.6) is 0 Å². The molecular formula is C15H17N3O2. The van der Waals surface area contributed by atoms with Gasteiger partial charge in [0.25, 0.3) is 0 Å². The number of aryl methyl sites for hydroxylation is 1. The summed E-state index contributed by atoms with van der Waals surface area (Å²) in [6.07, 6.45) is 1.91. The predicted molar refractivity (Wildman–Crippen MR) is 73.5 cm³/mol. The summed E-state index contributed by atoms with van der Waals surface area (Å²) >= 11 is 0. The molecule has 0 saturated heterocycles. The molecule has 104 valence electrons. The van der Waals surface area contributed by atoms with Crippen molar-refractivity contribution in [3.05, 3.63) is 46.8 Å². The summed E-state index contributed by atoms with van der Waals surface area (Å²) in [5.41, 5.74) is 4.35. The maximum absolute atomic E-state index is 11.0. The molecule has 1 heterocycles. The van der Waals surface area contributed by atoms with Crippen molar-refractivity contribution in [2.24, 2.45) is 5.92 Å². The maximum atomic E-state index is 11.0. The molecule has 1 aromatic carbocycles. The molecule has 0 fully saturated rings. The number of carboxylic acids is 1. The first-order chi connectivity index (χ1) is 9.63. The Morgan fingerprint density at radius 2 is 2.15 bits per heavy atom. The number of hydrogen-bond donors (Lipinski definition) is 1. The fraction of sp³-hybridized carbons (Fsp3) is 0.400. The average Bonchev–Trinajstić information content (AvgIpc) is 2.84. The zero-order valence-electron chi connectivity index (χ0n) is 11.4. The van der Waals surface area contributed by atoms with Gasteiger partial charge < -0.3 is 5.11 Å². The van der Waals surface area contributed by atoms with E-state index in [2.05, 4.69) is 41.5 Å². The molecule has 5 nitrogen and oxygen atoms in total. The van der Waals surface area contributed by atoms with E-state index in [0.717, 1.165) is 17.8 Å². The molecule has 5 heteroatoms. The molecule has 1 aliphatic rings. The van der Waals surface area contributed by atoms with E-state index in [0.29, 0.717) is 19.4 Å². The van der Waals surface area contributed by atoms with E-state index in [1.54, 1.807) is 0 Å². The number of carboxylic acid groups (broad SMARTS) is 1. The monoisotopic (exact) mass is 271 g/mol. The summed E-state index contributed by atoms with van der Waals surface area (Å²) < 4.78 is 1.90. The van der Waals surface area contributed by atoms with Gasteiger partial charge in [0.1, 0.15) is 0 Å². The summed E-state index contributed by atoms with van der Waals surface area (Å²) in [5, 5.41) is 17.4. The van der Waals surface area contributed by atoms with Crippen LogP contribution in [-0.2, 0) is 24.2 Å². The Labute approximate surface area is 117 Å². The van der Waals surface area contributed by atoms with Crippen molar-refractivity contribution in [3.63, 3.8) is 0 Å². The lowest BCUT2D eigenvalue weighted by atomic mass is 9.90. The van der Waals surface area contributed by atoms with Crippen LogP contribution in [0.25, 0.3) is 0 Å². The van der Waals surface area contributed by atoms with Crippen LogP contribution >= 0.6 is 0 Å². The first kappa shape index (κ1) is 12.8. The van der Waals surface area contributed by atoms with Gasteiger partial charge in [-0.25, -0.2) is 4.68 Å².